The molecule has 2 heterocycles. The Kier molecular flexibility index (Phi) is 6.94. The highest BCUT2D eigenvalue weighted by molar-refractivity contribution is 7.99. The number of anilines is 1. The van der Waals surface area contributed by atoms with Gasteiger partial charge >= 0.3 is 0 Å². The minimum atomic E-state index is -0.0630. The van der Waals surface area contributed by atoms with E-state index in [1.807, 2.05) is 53.4 Å². The number of aromatic nitrogens is 3. The maximum atomic E-state index is 12.9. The van der Waals surface area contributed by atoms with Crippen LogP contribution in [0.4, 0.5) is 5.69 Å². The summed E-state index contributed by atoms with van der Waals surface area (Å²) in [6.07, 6.45) is 3.68. The highest BCUT2D eigenvalue weighted by Crippen LogP contribution is 2.40. The van der Waals surface area contributed by atoms with Crippen molar-refractivity contribution in [3.05, 3.63) is 72.1 Å². The van der Waals surface area contributed by atoms with E-state index in [9.17, 15) is 9.59 Å². The van der Waals surface area contributed by atoms with E-state index in [1.54, 1.807) is 0 Å². The van der Waals surface area contributed by atoms with Crippen LogP contribution in [-0.4, -0.2) is 50.3 Å². The Morgan fingerprint density at radius 3 is 2.26 bits per heavy atom. The fourth-order valence-corrected chi connectivity index (χ4v) is 5.19. The monoisotopic (exact) mass is 475 g/mol. The number of para-hydroxylation sites is 1. The summed E-state index contributed by atoms with van der Waals surface area (Å²) in [5, 5.41) is 12.7. The SMILES string of the molecule is O=C(Nc1ccccc1)C1CCN(C(=O)CSc2nnc(C3CC3)n2Cc2ccccc2)CC1. The van der Waals surface area contributed by atoms with E-state index in [2.05, 4.69) is 32.2 Å². The second-order valence-corrected chi connectivity index (χ2v) is 9.93. The Morgan fingerprint density at radius 1 is 0.912 bits per heavy atom. The Labute approximate surface area is 203 Å². The molecule has 2 aliphatic rings. The van der Waals surface area contributed by atoms with Gasteiger partial charge in [-0.3, -0.25) is 9.59 Å². The van der Waals surface area contributed by atoms with Crippen LogP contribution in [0.2, 0.25) is 0 Å². The Hall–Kier alpha value is -3.13. The van der Waals surface area contributed by atoms with Crippen molar-refractivity contribution in [2.24, 2.45) is 5.92 Å². The number of hydrogen-bond donors (Lipinski definition) is 1. The molecule has 0 atom stereocenters. The molecule has 34 heavy (non-hydrogen) atoms. The van der Waals surface area contributed by atoms with Crippen molar-refractivity contribution in [1.29, 1.82) is 0 Å². The summed E-state index contributed by atoms with van der Waals surface area (Å²) in [5.74, 6) is 1.92. The quantitative estimate of drug-likeness (QED) is 0.495. The zero-order valence-electron chi connectivity index (χ0n) is 19.1. The van der Waals surface area contributed by atoms with E-state index in [0.29, 0.717) is 37.6 Å². The molecule has 1 N–H and O–H groups in total. The molecule has 1 saturated heterocycles. The number of carbonyl (C=O) groups is 2. The molecule has 1 aromatic heterocycles. The summed E-state index contributed by atoms with van der Waals surface area (Å²) >= 11 is 1.46. The number of thioether (sulfide) groups is 1. The average Bonchev–Trinajstić information content (AvgIpc) is 3.65. The first-order chi connectivity index (χ1) is 16.7. The summed E-state index contributed by atoms with van der Waals surface area (Å²) in [7, 11) is 0. The molecule has 2 aromatic carbocycles. The zero-order valence-corrected chi connectivity index (χ0v) is 19.9. The molecule has 2 amide bonds. The lowest BCUT2D eigenvalue weighted by molar-refractivity contribution is -0.132. The molecule has 1 saturated carbocycles. The van der Waals surface area contributed by atoms with E-state index in [4.69, 9.17) is 0 Å². The van der Waals surface area contributed by atoms with Crippen molar-refractivity contribution in [2.45, 2.75) is 43.3 Å². The summed E-state index contributed by atoms with van der Waals surface area (Å²) in [6.45, 7) is 1.94. The minimum absolute atomic E-state index is 0.0364. The van der Waals surface area contributed by atoms with Gasteiger partial charge in [0.25, 0.3) is 0 Å². The standard InChI is InChI=1S/C26H29N5O2S/c32-23(30-15-13-21(14-16-30)25(33)27-22-9-5-2-6-10-22)18-34-26-29-28-24(20-11-12-20)31(26)17-19-7-3-1-4-8-19/h1-10,20-21H,11-18H2,(H,27,33). The number of benzene rings is 2. The molecule has 0 bridgehead atoms. The fourth-order valence-electron chi connectivity index (χ4n) is 4.34. The van der Waals surface area contributed by atoms with Crippen LogP contribution in [0, 0.1) is 5.92 Å². The van der Waals surface area contributed by atoms with Crippen LogP contribution in [0.5, 0.6) is 0 Å². The van der Waals surface area contributed by atoms with Gasteiger partial charge in [-0.1, -0.05) is 60.3 Å². The van der Waals surface area contributed by atoms with Crippen LogP contribution < -0.4 is 5.32 Å². The van der Waals surface area contributed by atoms with Crippen molar-refractivity contribution in [3.8, 4) is 0 Å². The van der Waals surface area contributed by atoms with Gasteiger partial charge in [-0.2, -0.15) is 0 Å². The van der Waals surface area contributed by atoms with Crippen molar-refractivity contribution in [2.75, 3.05) is 24.2 Å². The number of piperidine rings is 1. The predicted octanol–water partition coefficient (Wildman–Crippen LogP) is 4.17. The van der Waals surface area contributed by atoms with Crippen LogP contribution in [-0.2, 0) is 16.1 Å². The van der Waals surface area contributed by atoms with E-state index in [-0.39, 0.29) is 17.7 Å². The number of carbonyl (C=O) groups excluding carboxylic acids is 2. The number of nitrogens with one attached hydrogen (secondary N) is 1. The van der Waals surface area contributed by atoms with Crippen LogP contribution >= 0.6 is 11.8 Å². The van der Waals surface area contributed by atoms with Gasteiger partial charge in [-0.25, -0.2) is 0 Å². The number of hydrogen-bond acceptors (Lipinski definition) is 5. The molecule has 5 rings (SSSR count). The first-order valence-corrected chi connectivity index (χ1v) is 12.9. The van der Waals surface area contributed by atoms with Crippen LogP contribution in [0.15, 0.2) is 65.8 Å². The van der Waals surface area contributed by atoms with Crippen molar-refractivity contribution in [1.82, 2.24) is 19.7 Å². The average molecular weight is 476 g/mol. The largest absolute Gasteiger partial charge is 0.342 e. The predicted molar refractivity (Wildman–Crippen MR) is 133 cm³/mol. The minimum Gasteiger partial charge on any atom is -0.342 e. The molecule has 0 unspecified atom stereocenters. The third-order valence-electron chi connectivity index (χ3n) is 6.46. The lowest BCUT2D eigenvalue weighted by Crippen LogP contribution is -2.42. The summed E-state index contributed by atoms with van der Waals surface area (Å²) in [5.41, 5.74) is 2.01. The van der Waals surface area contributed by atoms with Gasteiger partial charge < -0.3 is 14.8 Å². The number of rotatable bonds is 8. The molecular formula is C26H29N5O2S. The van der Waals surface area contributed by atoms with Gasteiger partial charge in [0, 0.05) is 30.6 Å². The smallest absolute Gasteiger partial charge is 0.233 e. The molecule has 1 aliphatic heterocycles. The Morgan fingerprint density at radius 2 is 1.59 bits per heavy atom. The first kappa shape index (κ1) is 22.7. The molecular weight excluding hydrogens is 446 g/mol. The molecule has 2 fully saturated rings. The summed E-state index contributed by atoms with van der Waals surface area (Å²) < 4.78 is 2.17. The number of nitrogens with zero attached hydrogens (tertiary/aromatic N) is 4. The van der Waals surface area contributed by atoms with Gasteiger partial charge in [-0.15, -0.1) is 10.2 Å². The van der Waals surface area contributed by atoms with Gasteiger partial charge in [0.1, 0.15) is 5.82 Å². The fraction of sp³-hybridized carbons (Fsp3) is 0.385. The third-order valence-corrected chi connectivity index (χ3v) is 7.41. The maximum Gasteiger partial charge on any atom is 0.233 e. The van der Waals surface area contributed by atoms with E-state index >= 15 is 0 Å². The van der Waals surface area contributed by atoms with Gasteiger partial charge in [-0.05, 0) is 43.4 Å². The first-order valence-electron chi connectivity index (χ1n) is 11.9. The molecule has 3 aromatic rings. The molecule has 0 radical (unpaired) electrons. The zero-order chi connectivity index (χ0) is 23.3. The van der Waals surface area contributed by atoms with Gasteiger partial charge in [0.05, 0.1) is 12.3 Å². The summed E-state index contributed by atoms with van der Waals surface area (Å²) in [4.78, 5) is 27.4. The second kappa shape index (κ2) is 10.4. The molecule has 8 heteroatoms. The van der Waals surface area contributed by atoms with E-state index < -0.39 is 0 Å². The number of amides is 2. The highest BCUT2D eigenvalue weighted by Gasteiger charge is 2.31. The molecule has 0 spiro atoms. The number of likely N-dealkylation sites (tertiary alicyclic amines) is 1. The Balaban J connectivity index is 1.14. The van der Waals surface area contributed by atoms with Crippen LogP contribution in [0.1, 0.15) is 43.0 Å². The van der Waals surface area contributed by atoms with Crippen LogP contribution in [0.3, 0.4) is 0 Å². The lowest BCUT2D eigenvalue weighted by Gasteiger charge is -2.31. The lowest BCUT2D eigenvalue weighted by atomic mass is 9.96. The van der Waals surface area contributed by atoms with E-state index in [1.165, 1.54) is 17.3 Å². The normalized spacial score (nSPS) is 16.4. The maximum absolute atomic E-state index is 12.9. The van der Waals surface area contributed by atoms with Crippen molar-refractivity contribution < 1.29 is 9.59 Å². The molecule has 7 nitrogen and oxygen atoms in total. The molecule has 176 valence electrons. The van der Waals surface area contributed by atoms with Crippen molar-refractivity contribution in [3.63, 3.8) is 0 Å². The summed E-state index contributed by atoms with van der Waals surface area (Å²) in [6, 6.07) is 19.8. The van der Waals surface area contributed by atoms with Gasteiger partial charge in [0.15, 0.2) is 5.16 Å². The van der Waals surface area contributed by atoms with E-state index in [0.717, 1.165) is 36.1 Å². The highest BCUT2D eigenvalue weighted by atomic mass is 32.2. The van der Waals surface area contributed by atoms with Gasteiger partial charge in [0.2, 0.25) is 11.8 Å². The second-order valence-electron chi connectivity index (χ2n) is 8.99. The third kappa shape index (κ3) is 5.50. The topological polar surface area (TPSA) is 80.1 Å². The Bertz CT molecular complexity index is 1120. The van der Waals surface area contributed by atoms with Crippen LogP contribution in [0.25, 0.3) is 0 Å². The van der Waals surface area contributed by atoms with Crippen molar-refractivity contribution >= 4 is 29.3 Å². The molecule has 1 aliphatic carbocycles.